The Balaban J connectivity index is 2.01. The first kappa shape index (κ1) is 12.5. The summed E-state index contributed by atoms with van der Waals surface area (Å²) < 4.78 is 45.3. The van der Waals surface area contributed by atoms with Crippen molar-refractivity contribution < 1.29 is 27.4 Å². The number of benzene rings is 1. The van der Waals surface area contributed by atoms with Crippen LogP contribution in [0.15, 0.2) is 42.4 Å². The molecule has 96 valence electrons. The SMILES string of the molecule is O=C1C(OCC(F)(F)F)=COC1c1ccccc1. The summed E-state index contributed by atoms with van der Waals surface area (Å²) in [6.45, 7) is -1.50. The lowest BCUT2D eigenvalue weighted by molar-refractivity contribution is -0.166. The third-order valence-corrected chi connectivity index (χ3v) is 2.29. The van der Waals surface area contributed by atoms with Crippen LogP contribution in [-0.4, -0.2) is 18.6 Å². The van der Waals surface area contributed by atoms with Gasteiger partial charge in [0, 0.05) is 5.56 Å². The Hall–Kier alpha value is -1.98. The topological polar surface area (TPSA) is 35.5 Å². The summed E-state index contributed by atoms with van der Waals surface area (Å²) in [5, 5.41) is 0. The largest absolute Gasteiger partial charge is 0.481 e. The molecule has 1 aromatic rings. The van der Waals surface area contributed by atoms with Crippen molar-refractivity contribution in [2.45, 2.75) is 12.3 Å². The fraction of sp³-hybridized carbons (Fsp3) is 0.250. The van der Waals surface area contributed by atoms with Crippen LogP contribution < -0.4 is 0 Å². The minimum absolute atomic E-state index is 0.402. The number of carbonyl (C=O) groups excluding carboxylic acids is 1. The Morgan fingerprint density at radius 1 is 1.22 bits per heavy atom. The molecule has 1 aliphatic rings. The third kappa shape index (κ3) is 2.82. The number of hydrogen-bond acceptors (Lipinski definition) is 3. The Kier molecular flexibility index (Phi) is 3.27. The minimum atomic E-state index is -4.48. The van der Waals surface area contributed by atoms with E-state index in [1.54, 1.807) is 30.3 Å². The maximum absolute atomic E-state index is 12.0. The lowest BCUT2D eigenvalue weighted by atomic mass is 10.1. The molecule has 1 heterocycles. The minimum Gasteiger partial charge on any atom is -0.481 e. The second-order valence-electron chi connectivity index (χ2n) is 3.68. The molecule has 0 amide bonds. The Morgan fingerprint density at radius 3 is 2.50 bits per heavy atom. The van der Waals surface area contributed by atoms with Gasteiger partial charge >= 0.3 is 6.18 Å². The normalized spacial score (nSPS) is 19.4. The molecule has 0 saturated carbocycles. The number of Topliss-reactive ketones (excluding diaryl/α,β-unsaturated/α-hetero) is 1. The van der Waals surface area contributed by atoms with Crippen molar-refractivity contribution in [1.82, 2.24) is 0 Å². The Labute approximate surface area is 101 Å². The van der Waals surface area contributed by atoms with E-state index in [2.05, 4.69) is 4.74 Å². The predicted molar refractivity (Wildman–Crippen MR) is 55.4 cm³/mol. The first-order chi connectivity index (χ1) is 8.47. The monoisotopic (exact) mass is 258 g/mol. The molecule has 0 fully saturated rings. The van der Waals surface area contributed by atoms with Crippen LogP contribution in [0.1, 0.15) is 11.7 Å². The summed E-state index contributed by atoms with van der Waals surface area (Å²) in [6, 6.07) is 8.49. The third-order valence-electron chi connectivity index (χ3n) is 2.29. The van der Waals surface area contributed by atoms with E-state index in [1.807, 2.05) is 0 Å². The zero-order valence-electron chi connectivity index (χ0n) is 9.11. The summed E-state index contributed by atoms with van der Waals surface area (Å²) in [5.41, 5.74) is 0.573. The lowest BCUT2D eigenvalue weighted by Crippen LogP contribution is -2.19. The van der Waals surface area contributed by atoms with Gasteiger partial charge in [0.1, 0.15) is 6.26 Å². The van der Waals surface area contributed by atoms with E-state index in [0.717, 1.165) is 6.26 Å². The number of ether oxygens (including phenoxy) is 2. The first-order valence-electron chi connectivity index (χ1n) is 5.12. The summed E-state index contributed by atoms with van der Waals surface area (Å²) in [5.74, 6) is -1.01. The summed E-state index contributed by atoms with van der Waals surface area (Å²) in [7, 11) is 0. The zero-order valence-corrected chi connectivity index (χ0v) is 9.11. The van der Waals surface area contributed by atoms with Gasteiger partial charge in [0.15, 0.2) is 12.7 Å². The van der Waals surface area contributed by atoms with Crippen LogP contribution in [0.5, 0.6) is 0 Å². The van der Waals surface area contributed by atoms with Crippen molar-refractivity contribution in [2.24, 2.45) is 0 Å². The van der Waals surface area contributed by atoms with Gasteiger partial charge in [-0.2, -0.15) is 13.2 Å². The zero-order chi connectivity index (χ0) is 13.2. The molecule has 0 saturated heterocycles. The molecular weight excluding hydrogens is 249 g/mol. The molecule has 1 aliphatic heterocycles. The van der Waals surface area contributed by atoms with Crippen molar-refractivity contribution in [3.8, 4) is 0 Å². The highest BCUT2D eigenvalue weighted by molar-refractivity contribution is 5.99. The predicted octanol–water partition coefficient (Wildman–Crippen LogP) is 2.75. The number of ketones is 1. The fourth-order valence-electron chi connectivity index (χ4n) is 1.50. The lowest BCUT2D eigenvalue weighted by Gasteiger charge is -2.10. The van der Waals surface area contributed by atoms with Crippen molar-refractivity contribution in [3.05, 3.63) is 47.9 Å². The molecule has 0 bridgehead atoms. The molecule has 0 aliphatic carbocycles. The van der Waals surface area contributed by atoms with Gasteiger partial charge in [0.2, 0.25) is 11.5 Å². The number of alkyl halides is 3. The van der Waals surface area contributed by atoms with E-state index >= 15 is 0 Å². The molecule has 0 spiro atoms. The van der Waals surface area contributed by atoms with Gasteiger partial charge in [-0.3, -0.25) is 4.79 Å². The quantitative estimate of drug-likeness (QED) is 0.836. The van der Waals surface area contributed by atoms with Crippen molar-refractivity contribution in [1.29, 1.82) is 0 Å². The number of carbonyl (C=O) groups is 1. The second kappa shape index (κ2) is 4.72. The molecule has 3 nitrogen and oxygen atoms in total. The van der Waals surface area contributed by atoms with Gasteiger partial charge in [0.25, 0.3) is 0 Å². The molecule has 1 atom stereocenters. The number of rotatable bonds is 3. The van der Waals surface area contributed by atoms with Crippen molar-refractivity contribution in [2.75, 3.05) is 6.61 Å². The molecule has 0 aromatic heterocycles. The summed E-state index contributed by atoms with van der Waals surface area (Å²) >= 11 is 0. The van der Waals surface area contributed by atoms with Crippen molar-refractivity contribution >= 4 is 5.78 Å². The molecule has 0 radical (unpaired) electrons. The molecule has 1 unspecified atom stereocenters. The van der Waals surface area contributed by atoms with Crippen LogP contribution in [0.25, 0.3) is 0 Å². The van der Waals surface area contributed by atoms with Crippen LogP contribution in [0, 0.1) is 0 Å². The van der Waals surface area contributed by atoms with Crippen LogP contribution >= 0.6 is 0 Å². The van der Waals surface area contributed by atoms with Crippen molar-refractivity contribution in [3.63, 3.8) is 0 Å². The maximum Gasteiger partial charge on any atom is 0.422 e. The van der Waals surface area contributed by atoms with Crippen LogP contribution in [0.2, 0.25) is 0 Å². The van der Waals surface area contributed by atoms with E-state index in [-0.39, 0.29) is 0 Å². The van der Waals surface area contributed by atoms with E-state index in [0.29, 0.717) is 5.56 Å². The van der Waals surface area contributed by atoms with E-state index in [9.17, 15) is 18.0 Å². The van der Waals surface area contributed by atoms with E-state index in [4.69, 9.17) is 4.74 Å². The van der Waals surface area contributed by atoms with Crippen LogP contribution in [-0.2, 0) is 14.3 Å². The Morgan fingerprint density at radius 2 is 1.89 bits per heavy atom. The highest BCUT2D eigenvalue weighted by atomic mass is 19.4. The summed E-state index contributed by atoms with van der Waals surface area (Å²) in [6.07, 6.45) is -4.48. The average Bonchev–Trinajstić information content (AvgIpc) is 2.68. The fourth-order valence-corrected chi connectivity index (χ4v) is 1.50. The van der Waals surface area contributed by atoms with Gasteiger partial charge in [-0.25, -0.2) is 0 Å². The first-order valence-corrected chi connectivity index (χ1v) is 5.12. The number of halogens is 3. The molecule has 6 heteroatoms. The van der Waals surface area contributed by atoms with Crippen LogP contribution in [0.3, 0.4) is 0 Å². The van der Waals surface area contributed by atoms with E-state index in [1.165, 1.54) is 0 Å². The second-order valence-corrected chi connectivity index (χ2v) is 3.68. The summed E-state index contributed by atoms with van der Waals surface area (Å²) in [4.78, 5) is 11.7. The van der Waals surface area contributed by atoms with Crippen LogP contribution in [0.4, 0.5) is 13.2 Å². The van der Waals surface area contributed by atoms with Gasteiger partial charge in [-0.15, -0.1) is 0 Å². The van der Waals surface area contributed by atoms with Gasteiger partial charge in [-0.05, 0) is 0 Å². The Bertz CT molecular complexity index is 465. The molecule has 0 N–H and O–H groups in total. The van der Waals surface area contributed by atoms with Gasteiger partial charge < -0.3 is 9.47 Å². The average molecular weight is 258 g/mol. The smallest absolute Gasteiger partial charge is 0.422 e. The molecule has 2 rings (SSSR count). The molecule has 1 aromatic carbocycles. The van der Waals surface area contributed by atoms with Gasteiger partial charge in [-0.1, -0.05) is 30.3 Å². The highest BCUT2D eigenvalue weighted by Crippen LogP contribution is 2.29. The standard InChI is InChI=1S/C12H9F3O3/c13-12(14,15)7-18-9-6-17-11(10(9)16)8-4-2-1-3-5-8/h1-6,11H,7H2. The molecular formula is C12H9F3O3. The molecule has 18 heavy (non-hydrogen) atoms. The maximum atomic E-state index is 12.0. The van der Waals surface area contributed by atoms with Gasteiger partial charge in [0.05, 0.1) is 0 Å². The number of hydrogen-bond donors (Lipinski definition) is 0. The van der Waals surface area contributed by atoms with E-state index < -0.39 is 30.4 Å². The highest BCUT2D eigenvalue weighted by Gasteiger charge is 2.35.